The van der Waals surface area contributed by atoms with E-state index in [1.165, 1.54) is 97.0 Å². The highest BCUT2D eigenvalue weighted by molar-refractivity contribution is 14.1. The van der Waals surface area contributed by atoms with E-state index in [9.17, 15) is 0 Å². The van der Waals surface area contributed by atoms with Crippen molar-refractivity contribution in [3.05, 3.63) is 30.4 Å². The van der Waals surface area contributed by atoms with Gasteiger partial charge >= 0.3 is 0 Å². The summed E-state index contributed by atoms with van der Waals surface area (Å²) in [5.74, 6) is 0. The molecule has 2 heteroatoms. The van der Waals surface area contributed by atoms with Crippen LogP contribution in [0.3, 0.4) is 0 Å². The van der Waals surface area contributed by atoms with Crippen molar-refractivity contribution in [1.82, 2.24) is 0 Å². The second-order valence-electron chi connectivity index (χ2n) is 7.07. The van der Waals surface area contributed by atoms with Crippen LogP contribution in [0.15, 0.2) is 12.1 Å². The van der Waals surface area contributed by atoms with Crippen LogP contribution in [0, 0.1) is 7.14 Å². The minimum Gasteiger partial charge on any atom is -0.0654 e. The predicted octanol–water partition coefficient (Wildman–Crippen LogP) is 8.70. The molecular weight excluding hydrogens is 518 g/mol. The van der Waals surface area contributed by atoms with Crippen LogP contribution < -0.4 is 0 Å². The largest absolute Gasteiger partial charge is 0.0654 e. The average molecular weight is 554 g/mol. The SMILES string of the molecule is CCCCCCCCc1cc(I)c(CCCCCCCC)cc1I. The Hall–Kier alpha value is 0.680. The topological polar surface area (TPSA) is 0 Å². The molecule has 0 heterocycles. The van der Waals surface area contributed by atoms with Gasteiger partial charge in [0, 0.05) is 7.14 Å². The maximum Gasteiger partial charge on any atom is 0.0165 e. The lowest BCUT2D eigenvalue weighted by molar-refractivity contribution is 0.605. The van der Waals surface area contributed by atoms with Crippen LogP contribution in [0.4, 0.5) is 0 Å². The predicted molar refractivity (Wildman–Crippen MR) is 126 cm³/mol. The normalized spacial score (nSPS) is 11.2. The summed E-state index contributed by atoms with van der Waals surface area (Å²) in [6, 6.07) is 4.92. The third kappa shape index (κ3) is 9.98. The number of rotatable bonds is 14. The molecule has 0 bridgehead atoms. The number of aryl methyl sites for hydroxylation is 2. The van der Waals surface area contributed by atoms with Crippen molar-refractivity contribution >= 4 is 45.2 Å². The van der Waals surface area contributed by atoms with E-state index in [0.29, 0.717) is 0 Å². The zero-order valence-corrected chi connectivity index (χ0v) is 20.1. The van der Waals surface area contributed by atoms with Gasteiger partial charge in [-0.15, -0.1) is 0 Å². The van der Waals surface area contributed by atoms with E-state index in [1.807, 2.05) is 0 Å². The van der Waals surface area contributed by atoms with Gasteiger partial charge in [-0.2, -0.15) is 0 Å². The summed E-state index contributed by atoms with van der Waals surface area (Å²) in [6.07, 6.45) is 19.2. The van der Waals surface area contributed by atoms with Crippen LogP contribution in [-0.2, 0) is 12.8 Å². The fraction of sp³-hybridized carbons (Fsp3) is 0.727. The molecule has 0 unspecified atom stereocenters. The van der Waals surface area contributed by atoms with Crippen LogP contribution >= 0.6 is 45.2 Å². The molecule has 0 nitrogen and oxygen atoms in total. The lowest BCUT2D eigenvalue weighted by Gasteiger charge is -2.11. The van der Waals surface area contributed by atoms with E-state index in [1.54, 1.807) is 11.1 Å². The highest BCUT2D eigenvalue weighted by Crippen LogP contribution is 2.24. The Morgan fingerprint density at radius 3 is 1.25 bits per heavy atom. The molecule has 0 atom stereocenters. The summed E-state index contributed by atoms with van der Waals surface area (Å²) in [4.78, 5) is 0. The van der Waals surface area contributed by atoms with E-state index >= 15 is 0 Å². The van der Waals surface area contributed by atoms with E-state index in [0.717, 1.165) is 0 Å². The Balaban J connectivity index is 2.33. The van der Waals surface area contributed by atoms with E-state index in [4.69, 9.17) is 0 Å². The molecule has 138 valence electrons. The molecule has 1 rings (SSSR count). The molecule has 0 aromatic heterocycles. The van der Waals surface area contributed by atoms with Crippen molar-refractivity contribution in [1.29, 1.82) is 0 Å². The zero-order chi connectivity index (χ0) is 17.6. The van der Waals surface area contributed by atoms with E-state index < -0.39 is 0 Å². The first-order valence-electron chi connectivity index (χ1n) is 10.2. The van der Waals surface area contributed by atoms with Crippen LogP contribution in [0.2, 0.25) is 0 Å². The first-order valence-corrected chi connectivity index (χ1v) is 12.3. The average Bonchev–Trinajstić information content (AvgIpc) is 2.57. The number of unbranched alkanes of at least 4 members (excludes halogenated alkanes) is 10. The summed E-state index contributed by atoms with van der Waals surface area (Å²) in [6.45, 7) is 4.58. The third-order valence-electron chi connectivity index (χ3n) is 4.81. The zero-order valence-electron chi connectivity index (χ0n) is 15.8. The molecule has 1 aromatic carbocycles. The van der Waals surface area contributed by atoms with Gasteiger partial charge in [0.15, 0.2) is 0 Å². The fourth-order valence-corrected chi connectivity index (χ4v) is 4.81. The van der Waals surface area contributed by atoms with Gasteiger partial charge in [-0.3, -0.25) is 0 Å². The monoisotopic (exact) mass is 554 g/mol. The minimum absolute atomic E-state index is 1.26. The smallest absolute Gasteiger partial charge is 0.0165 e. The van der Waals surface area contributed by atoms with E-state index in [-0.39, 0.29) is 0 Å². The van der Waals surface area contributed by atoms with Gasteiger partial charge in [-0.05, 0) is 94.1 Å². The summed E-state index contributed by atoms with van der Waals surface area (Å²) in [7, 11) is 0. The van der Waals surface area contributed by atoms with Crippen molar-refractivity contribution in [3.8, 4) is 0 Å². The van der Waals surface area contributed by atoms with Crippen molar-refractivity contribution in [2.24, 2.45) is 0 Å². The molecule has 0 aliphatic heterocycles. The van der Waals surface area contributed by atoms with Crippen LogP contribution in [0.5, 0.6) is 0 Å². The Bertz CT molecular complexity index is 398. The summed E-state index contributed by atoms with van der Waals surface area (Å²) >= 11 is 5.11. The van der Waals surface area contributed by atoms with Gasteiger partial charge in [0.2, 0.25) is 0 Å². The molecule has 0 saturated carbocycles. The second-order valence-corrected chi connectivity index (χ2v) is 9.39. The number of hydrogen-bond donors (Lipinski definition) is 0. The molecule has 0 saturated heterocycles. The maximum absolute atomic E-state index is 2.55. The minimum atomic E-state index is 1.26. The molecule has 0 aliphatic rings. The second kappa shape index (κ2) is 14.8. The fourth-order valence-electron chi connectivity index (χ4n) is 3.20. The lowest BCUT2D eigenvalue weighted by atomic mass is 10.0. The standard InChI is InChI=1S/C22H36I2/c1-3-5-7-9-11-13-15-19-17-22(24)20(18-21(19)23)16-14-12-10-8-6-4-2/h17-18H,3-16H2,1-2H3. The molecule has 0 fully saturated rings. The van der Waals surface area contributed by atoms with Crippen molar-refractivity contribution in [3.63, 3.8) is 0 Å². The van der Waals surface area contributed by atoms with E-state index in [2.05, 4.69) is 71.2 Å². The first kappa shape index (κ1) is 22.7. The van der Waals surface area contributed by atoms with Gasteiger partial charge < -0.3 is 0 Å². The lowest BCUT2D eigenvalue weighted by Crippen LogP contribution is -1.97. The van der Waals surface area contributed by atoms with Crippen molar-refractivity contribution in [2.75, 3.05) is 0 Å². The molecule has 0 aliphatic carbocycles. The Morgan fingerprint density at radius 1 is 0.542 bits per heavy atom. The van der Waals surface area contributed by atoms with Crippen molar-refractivity contribution in [2.45, 2.75) is 104 Å². The molecule has 0 radical (unpaired) electrons. The van der Waals surface area contributed by atoms with Gasteiger partial charge in [-0.1, -0.05) is 78.1 Å². The Labute approximate surface area is 178 Å². The number of benzene rings is 1. The number of hydrogen-bond acceptors (Lipinski definition) is 0. The first-order chi connectivity index (χ1) is 11.7. The van der Waals surface area contributed by atoms with Crippen LogP contribution in [0.25, 0.3) is 0 Å². The van der Waals surface area contributed by atoms with Crippen LogP contribution in [0.1, 0.15) is 102 Å². The highest BCUT2D eigenvalue weighted by atomic mass is 127. The molecule has 0 N–H and O–H groups in total. The Kier molecular flexibility index (Phi) is 14.0. The summed E-state index contributed by atoms with van der Waals surface area (Å²) in [5.41, 5.74) is 3.14. The van der Waals surface area contributed by atoms with Gasteiger partial charge in [0.25, 0.3) is 0 Å². The quantitative estimate of drug-likeness (QED) is 0.160. The molecule has 0 amide bonds. The Morgan fingerprint density at radius 2 is 0.875 bits per heavy atom. The molecule has 0 spiro atoms. The summed E-state index contributed by atoms with van der Waals surface area (Å²) in [5, 5.41) is 0. The van der Waals surface area contributed by atoms with Crippen molar-refractivity contribution < 1.29 is 0 Å². The van der Waals surface area contributed by atoms with Gasteiger partial charge in [0.05, 0.1) is 0 Å². The highest BCUT2D eigenvalue weighted by Gasteiger charge is 2.07. The van der Waals surface area contributed by atoms with Gasteiger partial charge in [-0.25, -0.2) is 0 Å². The van der Waals surface area contributed by atoms with Crippen LogP contribution in [-0.4, -0.2) is 0 Å². The molecular formula is C22H36I2. The third-order valence-corrected chi connectivity index (χ3v) is 6.82. The molecule has 1 aromatic rings. The maximum atomic E-state index is 2.55. The number of halogens is 2. The summed E-state index contributed by atoms with van der Waals surface area (Å²) < 4.78 is 2.98. The van der Waals surface area contributed by atoms with Gasteiger partial charge in [0.1, 0.15) is 0 Å². The molecule has 24 heavy (non-hydrogen) atoms.